The number of amides is 2. The molecule has 31 heavy (non-hydrogen) atoms. The zero-order valence-corrected chi connectivity index (χ0v) is 18.0. The lowest BCUT2D eigenvalue weighted by atomic mass is 9.97. The molecule has 0 atom stereocenters. The van der Waals surface area contributed by atoms with E-state index < -0.39 is 10.0 Å². The van der Waals surface area contributed by atoms with Crippen LogP contribution in [0.25, 0.3) is 0 Å². The molecule has 0 aliphatic carbocycles. The third-order valence-electron chi connectivity index (χ3n) is 5.88. The van der Waals surface area contributed by atoms with Crippen LogP contribution in [0.3, 0.4) is 0 Å². The second kappa shape index (κ2) is 9.15. The molecule has 2 aromatic rings. The van der Waals surface area contributed by atoms with E-state index in [1.165, 1.54) is 4.31 Å². The molecule has 2 aliphatic heterocycles. The number of aromatic nitrogens is 1. The molecule has 1 saturated heterocycles. The summed E-state index contributed by atoms with van der Waals surface area (Å²) in [6.45, 7) is 1.05. The van der Waals surface area contributed by atoms with Gasteiger partial charge in [0.1, 0.15) is 0 Å². The van der Waals surface area contributed by atoms with E-state index in [-0.39, 0.29) is 22.6 Å². The summed E-state index contributed by atoms with van der Waals surface area (Å²) in [6.07, 6.45) is 6.14. The summed E-state index contributed by atoms with van der Waals surface area (Å²) in [7, 11) is -3.64. The highest BCUT2D eigenvalue weighted by Gasteiger charge is 2.32. The molecule has 2 amide bonds. The lowest BCUT2D eigenvalue weighted by Crippen LogP contribution is -2.42. The number of carbonyl (C=O) groups excluding carboxylic acids is 2. The Hall–Kier alpha value is -2.78. The summed E-state index contributed by atoms with van der Waals surface area (Å²) >= 11 is 0. The molecule has 0 spiro atoms. The van der Waals surface area contributed by atoms with Crippen LogP contribution in [-0.4, -0.2) is 42.6 Å². The number of sulfonamides is 1. The van der Waals surface area contributed by atoms with Crippen LogP contribution in [0, 0.1) is 5.92 Å². The molecule has 0 radical (unpaired) electrons. The van der Waals surface area contributed by atoms with E-state index in [0.717, 1.165) is 11.1 Å². The predicted octanol–water partition coefficient (Wildman–Crippen LogP) is 2.07. The molecule has 2 aliphatic rings. The minimum absolute atomic E-state index is 0.0429. The van der Waals surface area contributed by atoms with Crippen molar-refractivity contribution >= 4 is 27.5 Å². The number of hydrogen-bond acceptors (Lipinski definition) is 5. The standard InChI is InChI=1S/C22H26N4O4S/c27-21-3-1-2-18-14-19(4-5-20(18)25-21)31(29,30)26-12-8-17(9-13-26)22(28)24-15-16-6-10-23-11-7-16/h4-7,10-11,14,17H,1-3,8-9,12-13,15H2,(H,24,28)(H,25,27). The number of nitrogens with one attached hydrogen (secondary N) is 2. The van der Waals surface area contributed by atoms with Gasteiger partial charge in [-0.3, -0.25) is 14.6 Å². The summed E-state index contributed by atoms with van der Waals surface area (Å²) in [5, 5.41) is 5.76. The fourth-order valence-corrected chi connectivity index (χ4v) is 5.57. The van der Waals surface area contributed by atoms with Gasteiger partial charge in [0.25, 0.3) is 0 Å². The first-order chi connectivity index (χ1) is 14.9. The average Bonchev–Trinajstić information content (AvgIpc) is 2.98. The highest BCUT2D eigenvalue weighted by atomic mass is 32.2. The van der Waals surface area contributed by atoms with Crippen molar-refractivity contribution in [2.75, 3.05) is 18.4 Å². The predicted molar refractivity (Wildman–Crippen MR) is 116 cm³/mol. The van der Waals surface area contributed by atoms with E-state index in [9.17, 15) is 18.0 Å². The molecule has 8 nitrogen and oxygen atoms in total. The molecule has 2 N–H and O–H groups in total. The molecule has 0 bridgehead atoms. The molecule has 1 fully saturated rings. The number of nitrogens with zero attached hydrogens (tertiary/aromatic N) is 2. The van der Waals surface area contributed by atoms with Crippen molar-refractivity contribution < 1.29 is 18.0 Å². The van der Waals surface area contributed by atoms with Gasteiger partial charge < -0.3 is 10.6 Å². The topological polar surface area (TPSA) is 108 Å². The van der Waals surface area contributed by atoms with Gasteiger partial charge in [0.15, 0.2) is 0 Å². The SMILES string of the molecule is O=C1CCCc2cc(S(=O)(=O)N3CCC(C(=O)NCc4ccncc4)CC3)ccc2N1. The Morgan fingerprint density at radius 3 is 2.61 bits per heavy atom. The Morgan fingerprint density at radius 2 is 1.87 bits per heavy atom. The summed E-state index contributed by atoms with van der Waals surface area (Å²) < 4.78 is 27.7. The molecule has 164 valence electrons. The smallest absolute Gasteiger partial charge is 0.243 e. The van der Waals surface area contributed by atoms with Gasteiger partial charge in [-0.2, -0.15) is 4.31 Å². The number of piperidine rings is 1. The van der Waals surface area contributed by atoms with E-state index in [2.05, 4.69) is 15.6 Å². The molecule has 0 saturated carbocycles. The highest BCUT2D eigenvalue weighted by molar-refractivity contribution is 7.89. The molecule has 9 heteroatoms. The number of hydrogen-bond donors (Lipinski definition) is 2. The molecule has 0 unspecified atom stereocenters. The minimum Gasteiger partial charge on any atom is -0.352 e. The third-order valence-corrected chi connectivity index (χ3v) is 7.77. The van der Waals surface area contributed by atoms with Crippen LogP contribution < -0.4 is 10.6 Å². The first-order valence-electron chi connectivity index (χ1n) is 10.5. The van der Waals surface area contributed by atoms with Crippen LogP contribution in [0.5, 0.6) is 0 Å². The third kappa shape index (κ3) is 4.94. The summed E-state index contributed by atoms with van der Waals surface area (Å²) in [4.78, 5) is 28.4. The zero-order chi connectivity index (χ0) is 21.8. The van der Waals surface area contributed by atoms with Crippen LogP contribution in [0.1, 0.15) is 36.8 Å². The van der Waals surface area contributed by atoms with E-state index in [1.54, 1.807) is 30.6 Å². The van der Waals surface area contributed by atoms with Gasteiger partial charge in [0.2, 0.25) is 21.8 Å². The van der Waals surface area contributed by atoms with Gasteiger partial charge in [-0.1, -0.05) is 0 Å². The average molecular weight is 443 g/mol. The molecular weight excluding hydrogens is 416 g/mol. The molecule has 1 aromatic carbocycles. The Labute approximate surface area is 182 Å². The number of carbonyl (C=O) groups is 2. The Morgan fingerprint density at radius 1 is 1.13 bits per heavy atom. The number of aryl methyl sites for hydroxylation is 1. The van der Waals surface area contributed by atoms with Gasteiger partial charge in [-0.05, 0) is 67.1 Å². The number of pyridine rings is 1. The van der Waals surface area contributed by atoms with Crippen molar-refractivity contribution in [3.05, 3.63) is 53.9 Å². The van der Waals surface area contributed by atoms with Crippen molar-refractivity contribution in [3.63, 3.8) is 0 Å². The quantitative estimate of drug-likeness (QED) is 0.737. The van der Waals surface area contributed by atoms with Crippen LogP contribution in [0.15, 0.2) is 47.6 Å². The maximum atomic E-state index is 13.1. The lowest BCUT2D eigenvalue weighted by Gasteiger charge is -2.30. The normalized spacial score (nSPS) is 18.0. The van der Waals surface area contributed by atoms with Gasteiger partial charge in [-0.15, -0.1) is 0 Å². The zero-order valence-electron chi connectivity index (χ0n) is 17.2. The monoisotopic (exact) mass is 442 g/mol. The maximum Gasteiger partial charge on any atom is 0.243 e. The summed E-state index contributed by atoms with van der Waals surface area (Å²) in [6, 6.07) is 8.59. The van der Waals surface area contributed by atoms with E-state index in [0.29, 0.717) is 57.4 Å². The van der Waals surface area contributed by atoms with E-state index in [1.807, 2.05) is 12.1 Å². The molecule has 3 heterocycles. The first kappa shape index (κ1) is 21.5. The second-order valence-electron chi connectivity index (χ2n) is 7.97. The van der Waals surface area contributed by atoms with E-state index >= 15 is 0 Å². The van der Waals surface area contributed by atoms with Crippen molar-refractivity contribution in [2.24, 2.45) is 5.92 Å². The first-order valence-corrected chi connectivity index (χ1v) is 12.0. The fourth-order valence-electron chi connectivity index (χ4n) is 4.05. The maximum absolute atomic E-state index is 13.1. The fraction of sp³-hybridized carbons (Fsp3) is 0.409. The van der Waals surface area contributed by atoms with Crippen molar-refractivity contribution in [3.8, 4) is 0 Å². The number of benzene rings is 1. The number of rotatable bonds is 5. The van der Waals surface area contributed by atoms with E-state index in [4.69, 9.17) is 0 Å². The van der Waals surface area contributed by atoms with Gasteiger partial charge >= 0.3 is 0 Å². The van der Waals surface area contributed by atoms with Gasteiger partial charge in [-0.25, -0.2) is 8.42 Å². The minimum atomic E-state index is -3.64. The molecular formula is C22H26N4O4S. The largest absolute Gasteiger partial charge is 0.352 e. The van der Waals surface area contributed by atoms with Crippen molar-refractivity contribution in [1.29, 1.82) is 0 Å². The number of anilines is 1. The Balaban J connectivity index is 1.37. The second-order valence-corrected chi connectivity index (χ2v) is 9.91. The lowest BCUT2D eigenvalue weighted by molar-refractivity contribution is -0.126. The Bertz CT molecular complexity index is 1060. The van der Waals surface area contributed by atoms with Gasteiger partial charge in [0.05, 0.1) is 4.90 Å². The summed E-state index contributed by atoms with van der Waals surface area (Å²) in [5.74, 6) is -0.288. The van der Waals surface area contributed by atoms with Crippen molar-refractivity contribution in [2.45, 2.75) is 43.5 Å². The van der Waals surface area contributed by atoms with Crippen LogP contribution >= 0.6 is 0 Å². The molecule has 4 rings (SSSR count). The molecule has 1 aromatic heterocycles. The van der Waals surface area contributed by atoms with Crippen LogP contribution in [0.2, 0.25) is 0 Å². The summed E-state index contributed by atoms with van der Waals surface area (Å²) in [5.41, 5.74) is 2.51. The number of fused-ring (bicyclic) bond motifs is 1. The van der Waals surface area contributed by atoms with Crippen LogP contribution in [0.4, 0.5) is 5.69 Å². The highest BCUT2D eigenvalue weighted by Crippen LogP contribution is 2.29. The van der Waals surface area contributed by atoms with Gasteiger partial charge in [0, 0.05) is 50.1 Å². The van der Waals surface area contributed by atoms with Crippen molar-refractivity contribution in [1.82, 2.24) is 14.6 Å². The van der Waals surface area contributed by atoms with Crippen LogP contribution in [-0.2, 0) is 32.6 Å². The Kier molecular flexibility index (Phi) is 6.33.